The summed E-state index contributed by atoms with van der Waals surface area (Å²) in [5, 5.41) is 17.0. The Balaban J connectivity index is 1.78. The van der Waals surface area contributed by atoms with Crippen molar-refractivity contribution in [3.05, 3.63) is 57.2 Å². The van der Waals surface area contributed by atoms with Gasteiger partial charge in [-0.25, -0.2) is 4.68 Å². The molecular formula is C17H14ClN5O3S. The Morgan fingerprint density at radius 3 is 2.93 bits per heavy atom. The van der Waals surface area contributed by atoms with E-state index in [1.165, 1.54) is 17.5 Å². The Hall–Kier alpha value is -2.75. The number of amides is 1. The highest BCUT2D eigenvalue weighted by Crippen LogP contribution is 2.32. The van der Waals surface area contributed by atoms with Crippen molar-refractivity contribution in [2.45, 2.75) is 19.6 Å². The van der Waals surface area contributed by atoms with Crippen LogP contribution in [0, 0.1) is 0 Å². The predicted molar refractivity (Wildman–Crippen MR) is 103 cm³/mol. The number of hydrogen-bond donors (Lipinski definition) is 2. The molecule has 27 heavy (non-hydrogen) atoms. The Morgan fingerprint density at radius 1 is 1.41 bits per heavy atom. The van der Waals surface area contributed by atoms with Crippen LogP contribution in [0.3, 0.4) is 0 Å². The second-order valence-corrected chi connectivity index (χ2v) is 7.67. The van der Waals surface area contributed by atoms with Gasteiger partial charge in [0.1, 0.15) is 18.2 Å². The highest BCUT2D eigenvalue weighted by molar-refractivity contribution is 7.22. The van der Waals surface area contributed by atoms with E-state index in [1.807, 2.05) is 0 Å². The molecule has 4 heterocycles. The summed E-state index contributed by atoms with van der Waals surface area (Å²) in [5.41, 5.74) is 1.12. The molecule has 8 nitrogen and oxygen atoms in total. The molecule has 0 fully saturated rings. The highest BCUT2D eigenvalue weighted by Gasteiger charge is 2.20. The number of thiophene rings is 1. The number of rotatable bonds is 4. The van der Waals surface area contributed by atoms with E-state index in [1.54, 1.807) is 41.8 Å². The van der Waals surface area contributed by atoms with Crippen LogP contribution in [0.25, 0.3) is 15.7 Å². The molecule has 0 spiro atoms. The van der Waals surface area contributed by atoms with Gasteiger partial charge in [0.2, 0.25) is 5.91 Å². The van der Waals surface area contributed by atoms with Gasteiger partial charge in [-0.1, -0.05) is 11.6 Å². The molecule has 4 aromatic heterocycles. The molecule has 4 rings (SSSR count). The Bertz CT molecular complexity index is 1210. The summed E-state index contributed by atoms with van der Waals surface area (Å²) in [5.74, 6) is -0.168. The summed E-state index contributed by atoms with van der Waals surface area (Å²) in [6.07, 6.45) is 2.15. The van der Waals surface area contributed by atoms with Crippen LogP contribution in [0.2, 0.25) is 4.34 Å². The normalized spacial score (nSPS) is 12.6. The summed E-state index contributed by atoms with van der Waals surface area (Å²) >= 11 is 7.38. The molecule has 0 saturated heterocycles. The third kappa shape index (κ3) is 3.20. The van der Waals surface area contributed by atoms with Gasteiger partial charge in [0.05, 0.1) is 26.4 Å². The lowest BCUT2D eigenvalue weighted by Crippen LogP contribution is -2.32. The monoisotopic (exact) mass is 403 g/mol. The first-order valence-electron chi connectivity index (χ1n) is 8.03. The van der Waals surface area contributed by atoms with E-state index in [0.29, 0.717) is 21.1 Å². The first-order valence-corrected chi connectivity index (χ1v) is 9.23. The number of halogens is 1. The molecule has 0 aromatic carbocycles. The van der Waals surface area contributed by atoms with Crippen LogP contribution in [-0.4, -0.2) is 30.2 Å². The lowest BCUT2D eigenvalue weighted by molar-refractivity contribution is -0.117. The zero-order valence-corrected chi connectivity index (χ0v) is 15.7. The molecule has 0 aliphatic rings. The maximum Gasteiger partial charge on any atom is 0.291 e. The minimum absolute atomic E-state index is 0.253. The number of aliphatic hydroxyl groups excluding tert-OH is 1. The maximum absolute atomic E-state index is 12.8. The van der Waals surface area contributed by atoms with E-state index in [0.717, 1.165) is 9.38 Å². The molecule has 1 amide bonds. The minimum atomic E-state index is -0.949. The molecule has 0 aliphatic carbocycles. The quantitative estimate of drug-likeness (QED) is 0.545. The van der Waals surface area contributed by atoms with Crippen LogP contribution >= 0.6 is 22.9 Å². The number of aromatic nitrogens is 4. The number of pyridine rings is 1. The first kappa shape index (κ1) is 17.7. The van der Waals surface area contributed by atoms with Gasteiger partial charge in [0.25, 0.3) is 5.56 Å². The highest BCUT2D eigenvalue weighted by atomic mass is 35.5. The van der Waals surface area contributed by atoms with Gasteiger partial charge >= 0.3 is 0 Å². The molecule has 0 bridgehead atoms. The Kier molecular flexibility index (Phi) is 4.42. The van der Waals surface area contributed by atoms with Gasteiger partial charge in [0, 0.05) is 6.20 Å². The van der Waals surface area contributed by atoms with Crippen LogP contribution in [0.5, 0.6) is 0 Å². The molecule has 138 valence electrons. The van der Waals surface area contributed by atoms with Crippen molar-refractivity contribution in [1.82, 2.24) is 19.2 Å². The Labute approximate surface area is 161 Å². The number of anilines is 1. The fourth-order valence-electron chi connectivity index (χ4n) is 2.86. The molecule has 1 atom stereocenters. The second-order valence-electron chi connectivity index (χ2n) is 5.95. The minimum Gasteiger partial charge on any atom is -0.385 e. The summed E-state index contributed by atoms with van der Waals surface area (Å²) in [6, 6.07) is 6.80. The van der Waals surface area contributed by atoms with Gasteiger partial charge < -0.3 is 10.4 Å². The number of hydrogen-bond acceptors (Lipinski definition) is 6. The number of aliphatic hydroxyl groups is 1. The van der Waals surface area contributed by atoms with Crippen molar-refractivity contribution in [3.63, 3.8) is 0 Å². The third-order valence-electron chi connectivity index (χ3n) is 3.98. The van der Waals surface area contributed by atoms with Gasteiger partial charge in [-0.3, -0.25) is 19.0 Å². The van der Waals surface area contributed by atoms with E-state index in [9.17, 15) is 14.7 Å². The largest absolute Gasteiger partial charge is 0.385 e. The third-order valence-corrected chi connectivity index (χ3v) is 5.18. The molecule has 0 aliphatic heterocycles. The topological polar surface area (TPSA) is 102 Å². The van der Waals surface area contributed by atoms with E-state index in [-0.39, 0.29) is 12.4 Å². The lowest BCUT2D eigenvalue weighted by atomic mass is 10.3. The number of carbonyl (C=O) groups is 1. The maximum atomic E-state index is 12.8. The van der Waals surface area contributed by atoms with Crippen molar-refractivity contribution >= 4 is 50.3 Å². The predicted octanol–water partition coefficient (Wildman–Crippen LogP) is 2.45. The average molecular weight is 404 g/mol. The molecule has 2 N–H and O–H groups in total. The van der Waals surface area contributed by atoms with Gasteiger partial charge in [-0.15, -0.1) is 11.3 Å². The van der Waals surface area contributed by atoms with Crippen molar-refractivity contribution in [2.75, 3.05) is 5.32 Å². The first-order chi connectivity index (χ1) is 12.9. The van der Waals surface area contributed by atoms with Gasteiger partial charge in [-0.05, 0) is 31.2 Å². The number of fused-ring (bicyclic) bond motifs is 3. The fraction of sp³-hybridized carbons (Fsp3) is 0.176. The fourth-order valence-corrected chi connectivity index (χ4v) is 4.02. The standard InChI is InChI=1S/C17H14ClN5O3S/c1-9(24)16-21-22(8-15(25)20-10-3-2-4-19-7-10)17(26)12-5-13-11(23(12)16)6-14(18)27-13/h2-7,9,24H,8H2,1H3,(H,20,25). The van der Waals surface area contributed by atoms with E-state index in [4.69, 9.17) is 11.6 Å². The molecular weight excluding hydrogens is 390 g/mol. The van der Waals surface area contributed by atoms with E-state index >= 15 is 0 Å². The number of nitrogens with zero attached hydrogens (tertiary/aromatic N) is 4. The van der Waals surface area contributed by atoms with Crippen LogP contribution in [-0.2, 0) is 11.3 Å². The summed E-state index contributed by atoms with van der Waals surface area (Å²) in [7, 11) is 0. The Morgan fingerprint density at radius 2 is 2.22 bits per heavy atom. The zero-order valence-electron chi connectivity index (χ0n) is 14.1. The van der Waals surface area contributed by atoms with Crippen molar-refractivity contribution in [1.29, 1.82) is 0 Å². The molecule has 10 heteroatoms. The summed E-state index contributed by atoms with van der Waals surface area (Å²) in [4.78, 5) is 29.0. The van der Waals surface area contributed by atoms with Gasteiger partial charge in [0.15, 0.2) is 5.82 Å². The van der Waals surface area contributed by atoms with Gasteiger partial charge in [-0.2, -0.15) is 5.10 Å². The van der Waals surface area contributed by atoms with Crippen LogP contribution in [0.1, 0.15) is 18.9 Å². The van der Waals surface area contributed by atoms with Crippen molar-refractivity contribution in [2.24, 2.45) is 0 Å². The second kappa shape index (κ2) is 6.76. The molecule has 0 radical (unpaired) electrons. The molecule has 1 unspecified atom stereocenters. The van der Waals surface area contributed by atoms with E-state index < -0.39 is 17.6 Å². The smallest absolute Gasteiger partial charge is 0.291 e. The number of nitrogens with one attached hydrogen (secondary N) is 1. The average Bonchev–Trinajstić information content (AvgIpc) is 3.14. The van der Waals surface area contributed by atoms with Crippen molar-refractivity contribution in [3.8, 4) is 0 Å². The van der Waals surface area contributed by atoms with Crippen LogP contribution < -0.4 is 10.9 Å². The SMILES string of the molecule is CC(O)c1nn(CC(=O)Nc2cccnc2)c(=O)c2cc3sc(Cl)cc3n12. The molecule has 0 saturated carbocycles. The zero-order chi connectivity index (χ0) is 19.1. The van der Waals surface area contributed by atoms with Crippen LogP contribution in [0.15, 0.2) is 41.5 Å². The van der Waals surface area contributed by atoms with E-state index in [2.05, 4.69) is 15.4 Å². The molecule has 4 aromatic rings. The van der Waals surface area contributed by atoms with Crippen molar-refractivity contribution < 1.29 is 9.90 Å². The summed E-state index contributed by atoms with van der Waals surface area (Å²) in [6.45, 7) is 1.26. The lowest BCUT2D eigenvalue weighted by Gasteiger charge is -2.12. The summed E-state index contributed by atoms with van der Waals surface area (Å²) < 4.78 is 4.01. The number of carbonyl (C=O) groups excluding carboxylic acids is 1. The van der Waals surface area contributed by atoms with Crippen LogP contribution in [0.4, 0.5) is 5.69 Å².